The number of aromatic hydroxyl groups is 1. The first-order chi connectivity index (χ1) is 8.93. The van der Waals surface area contributed by atoms with Gasteiger partial charge in [-0.15, -0.1) is 0 Å². The number of barbiturate groups is 1. The van der Waals surface area contributed by atoms with E-state index in [1.165, 1.54) is 20.2 Å². The van der Waals surface area contributed by atoms with Crippen molar-refractivity contribution in [3.8, 4) is 5.75 Å². The number of amides is 4. The van der Waals surface area contributed by atoms with Gasteiger partial charge in [0.2, 0.25) is 11.8 Å². The molecule has 1 fully saturated rings. The summed E-state index contributed by atoms with van der Waals surface area (Å²) < 4.78 is 0. The van der Waals surface area contributed by atoms with Crippen molar-refractivity contribution in [2.75, 3.05) is 14.1 Å². The van der Waals surface area contributed by atoms with Gasteiger partial charge >= 0.3 is 6.03 Å². The van der Waals surface area contributed by atoms with E-state index in [4.69, 9.17) is 0 Å². The van der Waals surface area contributed by atoms with Crippen molar-refractivity contribution >= 4 is 17.8 Å². The summed E-state index contributed by atoms with van der Waals surface area (Å²) in [6.07, 6.45) is 0.0757. The van der Waals surface area contributed by atoms with Gasteiger partial charge in [-0.3, -0.25) is 19.4 Å². The van der Waals surface area contributed by atoms with Crippen LogP contribution in [0.3, 0.4) is 0 Å². The second kappa shape index (κ2) is 4.72. The lowest BCUT2D eigenvalue weighted by molar-refractivity contribution is -0.147. The number of nitrogens with zero attached hydrogens (tertiary/aromatic N) is 2. The van der Waals surface area contributed by atoms with Crippen LogP contribution in [-0.2, 0) is 16.0 Å². The molecule has 0 aromatic heterocycles. The Morgan fingerprint density at radius 3 is 2.11 bits per heavy atom. The molecule has 1 saturated heterocycles. The van der Waals surface area contributed by atoms with Crippen LogP contribution in [0, 0.1) is 5.92 Å². The minimum Gasteiger partial charge on any atom is -0.508 e. The summed E-state index contributed by atoms with van der Waals surface area (Å²) in [6.45, 7) is 0. The summed E-state index contributed by atoms with van der Waals surface area (Å²) in [5.41, 5.74) is 0.505. The molecule has 4 amide bonds. The molecular formula is C13H14N2O4. The van der Waals surface area contributed by atoms with Crippen LogP contribution in [0.15, 0.2) is 24.3 Å². The lowest BCUT2D eigenvalue weighted by Crippen LogP contribution is -2.57. The van der Waals surface area contributed by atoms with Gasteiger partial charge in [0, 0.05) is 14.1 Å². The zero-order valence-electron chi connectivity index (χ0n) is 10.7. The molecule has 0 radical (unpaired) electrons. The summed E-state index contributed by atoms with van der Waals surface area (Å²) in [6, 6.07) is 5.87. The number of benzene rings is 1. The Labute approximate surface area is 110 Å². The van der Waals surface area contributed by atoms with Gasteiger partial charge in [-0.1, -0.05) is 18.2 Å². The molecule has 6 heteroatoms. The summed E-state index contributed by atoms with van der Waals surface area (Å²) in [5.74, 6) is -2.03. The van der Waals surface area contributed by atoms with Crippen LogP contribution in [0.5, 0.6) is 5.75 Å². The lowest BCUT2D eigenvalue weighted by atomic mass is 9.94. The molecule has 2 rings (SSSR count). The standard InChI is InChI=1S/C13H14N2O4/c1-14-11(17)9(12(18)15(2)13(14)19)7-8-5-3-4-6-10(8)16/h3-6,9,16H,7H2,1-2H3. The second-order valence-electron chi connectivity index (χ2n) is 4.46. The zero-order valence-corrected chi connectivity index (χ0v) is 10.7. The highest BCUT2D eigenvalue weighted by atomic mass is 16.3. The van der Waals surface area contributed by atoms with Gasteiger partial charge in [-0.05, 0) is 18.1 Å². The van der Waals surface area contributed by atoms with Crippen molar-refractivity contribution < 1.29 is 19.5 Å². The van der Waals surface area contributed by atoms with Gasteiger partial charge in [0.1, 0.15) is 11.7 Å². The lowest BCUT2D eigenvalue weighted by Gasteiger charge is -2.32. The largest absolute Gasteiger partial charge is 0.508 e. The van der Waals surface area contributed by atoms with E-state index in [0.29, 0.717) is 5.56 Å². The predicted octanol–water partition coefficient (Wildman–Crippen LogP) is 0.601. The van der Waals surface area contributed by atoms with E-state index < -0.39 is 23.8 Å². The molecule has 1 aromatic carbocycles. The van der Waals surface area contributed by atoms with E-state index in [-0.39, 0.29) is 12.2 Å². The van der Waals surface area contributed by atoms with Gasteiger partial charge in [-0.25, -0.2) is 4.79 Å². The summed E-state index contributed by atoms with van der Waals surface area (Å²) in [7, 11) is 2.68. The molecule has 1 aliphatic rings. The quantitative estimate of drug-likeness (QED) is 0.792. The third-order valence-electron chi connectivity index (χ3n) is 3.25. The zero-order chi connectivity index (χ0) is 14.2. The molecule has 0 bridgehead atoms. The number of para-hydroxylation sites is 1. The topological polar surface area (TPSA) is 77.9 Å². The van der Waals surface area contributed by atoms with Crippen LogP contribution in [0.1, 0.15) is 5.56 Å². The van der Waals surface area contributed by atoms with Crippen molar-refractivity contribution in [1.82, 2.24) is 9.80 Å². The molecule has 1 N–H and O–H groups in total. The molecule has 1 aromatic rings. The van der Waals surface area contributed by atoms with Gasteiger partial charge in [0.25, 0.3) is 0 Å². The van der Waals surface area contributed by atoms with Crippen LogP contribution in [-0.4, -0.2) is 46.8 Å². The van der Waals surface area contributed by atoms with Crippen molar-refractivity contribution in [2.24, 2.45) is 5.92 Å². The van der Waals surface area contributed by atoms with E-state index >= 15 is 0 Å². The number of hydrogen-bond acceptors (Lipinski definition) is 4. The maximum absolute atomic E-state index is 12.0. The number of carbonyl (C=O) groups is 3. The minimum atomic E-state index is -0.971. The van der Waals surface area contributed by atoms with Gasteiger partial charge in [0.05, 0.1) is 0 Å². The van der Waals surface area contributed by atoms with Crippen molar-refractivity contribution in [1.29, 1.82) is 0 Å². The average Bonchev–Trinajstić information content (AvgIpc) is 2.41. The molecule has 6 nitrogen and oxygen atoms in total. The van der Waals surface area contributed by atoms with Crippen molar-refractivity contribution in [3.05, 3.63) is 29.8 Å². The van der Waals surface area contributed by atoms with E-state index in [0.717, 1.165) is 9.80 Å². The summed E-state index contributed by atoms with van der Waals surface area (Å²) in [5, 5.41) is 9.68. The number of hydrogen-bond donors (Lipinski definition) is 1. The maximum Gasteiger partial charge on any atom is 0.332 e. The van der Waals surface area contributed by atoms with E-state index in [2.05, 4.69) is 0 Å². The molecular weight excluding hydrogens is 248 g/mol. The smallest absolute Gasteiger partial charge is 0.332 e. The van der Waals surface area contributed by atoms with Gasteiger partial charge in [0.15, 0.2) is 0 Å². The third kappa shape index (κ3) is 2.16. The third-order valence-corrected chi connectivity index (χ3v) is 3.25. The fourth-order valence-electron chi connectivity index (χ4n) is 2.06. The highest BCUT2D eigenvalue weighted by Crippen LogP contribution is 2.24. The predicted molar refractivity (Wildman–Crippen MR) is 66.2 cm³/mol. The molecule has 0 spiro atoms. The molecule has 0 aliphatic carbocycles. The summed E-state index contributed by atoms with van der Waals surface area (Å²) in [4.78, 5) is 37.4. The Morgan fingerprint density at radius 1 is 1.05 bits per heavy atom. The first-order valence-corrected chi connectivity index (χ1v) is 5.79. The Hall–Kier alpha value is -2.37. The van der Waals surface area contributed by atoms with E-state index in [9.17, 15) is 19.5 Å². The maximum atomic E-state index is 12.0. The van der Waals surface area contributed by atoms with Crippen molar-refractivity contribution in [3.63, 3.8) is 0 Å². The fourth-order valence-corrected chi connectivity index (χ4v) is 2.06. The van der Waals surface area contributed by atoms with Crippen molar-refractivity contribution in [2.45, 2.75) is 6.42 Å². The number of urea groups is 1. The van der Waals surface area contributed by atoms with Gasteiger partial charge < -0.3 is 5.11 Å². The Balaban J connectivity index is 2.29. The number of carbonyl (C=O) groups excluding carboxylic acids is 3. The molecule has 19 heavy (non-hydrogen) atoms. The number of phenolic OH excluding ortho intramolecular Hbond substituents is 1. The van der Waals surface area contributed by atoms with Crippen LogP contribution in [0.4, 0.5) is 4.79 Å². The van der Waals surface area contributed by atoms with E-state index in [1.807, 2.05) is 0 Å². The first-order valence-electron chi connectivity index (χ1n) is 5.79. The van der Waals surface area contributed by atoms with Crippen LogP contribution >= 0.6 is 0 Å². The number of phenols is 1. The van der Waals surface area contributed by atoms with Crippen LogP contribution in [0.25, 0.3) is 0 Å². The molecule has 0 atom stereocenters. The normalized spacial score (nSPS) is 17.3. The molecule has 1 aliphatic heterocycles. The molecule has 100 valence electrons. The Kier molecular flexibility index (Phi) is 3.25. The van der Waals surface area contributed by atoms with Crippen LogP contribution < -0.4 is 0 Å². The van der Waals surface area contributed by atoms with E-state index in [1.54, 1.807) is 18.2 Å². The monoisotopic (exact) mass is 262 g/mol. The highest BCUT2D eigenvalue weighted by Gasteiger charge is 2.42. The molecule has 0 unspecified atom stereocenters. The Morgan fingerprint density at radius 2 is 1.58 bits per heavy atom. The SMILES string of the molecule is CN1C(=O)C(Cc2ccccc2O)C(=O)N(C)C1=O. The molecule has 1 heterocycles. The van der Waals surface area contributed by atoms with Gasteiger partial charge in [-0.2, -0.15) is 0 Å². The average molecular weight is 262 g/mol. The first kappa shape index (κ1) is 13.1. The highest BCUT2D eigenvalue weighted by molar-refractivity contribution is 6.15. The summed E-state index contributed by atoms with van der Waals surface area (Å²) >= 11 is 0. The number of imide groups is 2. The number of rotatable bonds is 2. The minimum absolute atomic E-state index is 0.0327. The van der Waals surface area contributed by atoms with Crippen LogP contribution in [0.2, 0.25) is 0 Å². The fraction of sp³-hybridized carbons (Fsp3) is 0.308. The second-order valence-corrected chi connectivity index (χ2v) is 4.46. The molecule has 0 saturated carbocycles. The Bertz CT molecular complexity index is 531.